The Morgan fingerprint density at radius 1 is 1.15 bits per heavy atom. The van der Waals surface area contributed by atoms with Crippen LogP contribution >= 0.6 is 11.8 Å². The van der Waals surface area contributed by atoms with Crippen LogP contribution in [0.15, 0.2) is 23.1 Å². The molecule has 1 atom stereocenters. The molecule has 0 fully saturated rings. The van der Waals surface area contributed by atoms with E-state index in [4.69, 9.17) is 0 Å². The zero-order valence-corrected chi connectivity index (χ0v) is 21.4. The van der Waals surface area contributed by atoms with Crippen LogP contribution < -0.4 is 5.32 Å². The Balaban J connectivity index is 1.71. The van der Waals surface area contributed by atoms with Gasteiger partial charge in [0.1, 0.15) is 0 Å². The van der Waals surface area contributed by atoms with E-state index in [9.17, 15) is 14.4 Å². The number of carbonyl (C=O) groups is 3. The number of nitrogens with one attached hydrogen (secondary N) is 1. The number of benzene rings is 1. The quantitative estimate of drug-likeness (QED) is 0.198. The van der Waals surface area contributed by atoms with Crippen LogP contribution in [0.4, 0.5) is 0 Å². The molecule has 1 aromatic carbocycles. The van der Waals surface area contributed by atoms with Gasteiger partial charge < -0.3 is 9.80 Å². The minimum atomic E-state index is -0.304. The number of unbranched alkanes of at least 4 members (excludes halogenated alkanes) is 5. The average molecular weight is 476 g/mol. The summed E-state index contributed by atoms with van der Waals surface area (Å²) in [7, 11) is 0. The molecule has 0 aromatic heterocycles. The first-order valence-electron chi connectivity index (χ1n) is 12.5. The fraction of sp³-hybridized carbons (Fsp3) is 0.654. The van der Waals surface area contributed by atoms with Gasteiger partial charge in [-0.05, 0) is 69.3 Å². The summed E-state index contributed by atoms with van der Waals surface area (Å²) in [4.78, 5) is 40.4. The highest BCUT2D eigenvalue weighted by Crippen LogP contribution is 2.34. The van der Waals surface area contributed by atoms with Crippen molar-refractivity contribution in [3.63, 3.8) is 0 Å². The van der Waals surface area contributed by atoms with Crippen molar-refractivity contribution in [2.75, 3.05) is 25.4 Å². The average Bonchev–Trinajstić information content (AvgIpc) is 3.16. The molecule has 184 valence electrons. The van der Waals surface area contributed by atoms with Crippen LogP contribution in [-0.4, -0.2) is 59.5 Å². The topological polar surface area (TPSA) is 69.7 Å². The van der Waals surface area contributed by atoms with Gasteiger partial charge in [-0.1, -0.05) is 45.6 Å². The normalized spacial score (nSPS) is 13.9. The summed E-state index contributed by atoms with van der Waals surface area (Å²) in [6, 6.07) is 5.95. The predicted octanol–water partition coefficient (Wildman–Crippen LogP) is 4.86. The summed E-state index contributed by atoms with van der Waals surface area (Å²) in [5, 5.41) is 2.16. The Kier molecular flexibility index (Phi) is 12.5. The Morgan fingerprint density at radius 2 is 1.85 bits per heavy atom. The molecule has 1 heterocycles. The summed E-state index contributed by atoms with van der Waals surface area (Å²) in [5.41, 5.74) is 1.91. The van der Waals surface area contributed by atoms with E-state index in [1.54, 1.807) is 0 Å². The van der Waals surface area contributed by atoms with Gasteiger partial charge in [-0.15, -0.1) is 11.8 Å². The van der Waals surface area contributed by atoms with Crippen molar-refractivity contribution in [2.45, 2.75) is 89.6 Å². The second-order valence-electron chi connectivity index (χ2n) is 8.79. The fourth-order valence-electron chi connectivity index (χ4n) is 4.32. The number of fused-ring (bicyclic) bond motifs is 1. The standard InChI is InChI=1S/C26H41N3O3S/c1-4-28(5-2)17-10-8-6-7-9-11-18-33-24-14-12-13-22-23(24)19-29(26(22)32)21(3)15-16-25(31)27-20-30/h12-14,20-21H,4-11,15-19H2,1-3H3,(H,27,30,31). The molecule has 7 heteroatoms. The second kappa shape index (κ2) is 15.1. The molecule has 1 aliphatic rings. The third kappa shape index (κ3) is 8.78. The summed E-state index contributed by atoms with van der Waals surface area (Å²) in [6.07, 6.45) is 8.88. The number of hydrogen-bond acceptors (Lipinski definition) is 5. The van der Waals surface area contributed by atoms with Gasteiger partial charge in [0, 0.05) is 29.5 Å². The van der Waals surface area contributed by atoms with Crippen LogP contribution in [0.5, 0.6) is 0 Å². The Morgan fingerprint density at radius 3 is 2.55 bits per heavy atom. The molecular weight excluding hydrogens is 434 g/mol. The summed E-state index contributed by atoms with van der Waals surface area (Å²) < 4.78 is 0. The first-order valence-corrected chi connectivity index (χ1v) is 13.5. The second-order valence-corrected chi connectivity index (χ2v) is 9.92. The van der Waals surface area contributed by atoms with Gasteiger partial charge >= 0.3 is 0 Å². The highest BCUT2D eigenvalue weighted by atomic mass is 32.2. The van der Waals surface area contributed by atoms with Crippen molar-refractivity contribution >= 4 is 30.0 Å². The molecule has 2 rings (SSSR count). The largest absolute Gasteiger partial charge is 0.332 e. The van der Waals surface area contributed by atoms with Crippen molar-refractivity contribution < 1.29 is 14.4 Å². The molecule has 1 aromatic rings. The maximum Gasteiger partial charge on any atom is 0.254 e. The highest BCUT2D eigenvalue weighted by molar-refractivity contribution is 7.99. The van der Waals surface area contributed by atoms with E-state index in [1.807, 2.05) is 35.7 Å². The molecule has 0 aliphatic carbocycles. The van der Waals surface area contributed by atoms with Gasteiger partial charge in [-0.2, -0.15) is 0 Å². The van der Waals surface area contributed by atoms with E-state index < -0.39 is 0 Å². The Hall–Kier alpha value is -1.86. The minimum Gasteiger partial charge on any atom is -0.332 e. The van der Waals surface area contributed by atoms with Crippen LogP contribution in [0.25, 0.3) is 0 Å². The number of nitrogens with zero attached hydrogens (tertiary/aromatic N) is 2. The van der Waals surface area contributed by atoms with Gasteiger partial charge in [-0.3, -0.25) is 19.7 Å². The van der Waals surface area contributed by atoms with E-state index >= 15 is 0 Å². The maximum absolute atomic E-state index is 12.9. The van der Waals surface area contributed by atoms with Crippen LogP contribution in [0, 0.1) is 0 Å². The molecule has 0 radical (unpaired) electrons. The van der Waals surface area contributed by atoms with E-state index in [2.05, 4.69) is 30.1 Å². The smallest absolute Gasteiger partial charge is 0.254 e. The van der Waals surface area contributed by atoms with Gasteiger partial charge in [0.25, 0.3) is 5.91 Å². The first-order chi connectivity index (χ1) is 16.0. The van der Waals surface area contributed by atoms with Gasteiger partial charge in [-0.25, -0.2) is 0 Å². The minimum absolute atomic E-state index is 0.0421. The van der Waals surface area contributed by atoms with Crippen molar-refractivity contribution in [2.24, 2.45) is 0 Å². The van der Waals surface area contributed by atoms with E-state index in [0.29, 0.717) is 19.4 Å². The maximum atomic E-state index is 12.9. The van der Waals surface area contributed by atoms with Gasteiger partial charge in [0.2, 0.25) is 12.3 Å². The summed E-state index contributed by atoms with van der Waals surface area (Å²) in [6.45, 7) is 10.6. The third-order valence-corrected chi connectivity index (χ3v) is 7.70. The van der Waals surface area contributed by atoms with Crippen LogP contribution in [0.3, 0.4) is 0 Å². The van der Waals surface area contributed by atoms with E-state index in [1.165, 1.54) is 50.0 Å². The zero-order valence-electron chi connectivity index (χ0n) is 20.6. The fourth-order valence-corrected chi connectivity index (χ4v) is 5.41. The molecule has 3 amide bonds. The molecular formula is C26H41N3O3S. The van der Waals surface area contributed by atoms with Gasteiger partial charge in [0.15, 0.2) is 0 Å². The van der Waals surface area contributed by atoms with Crippen molar-refractivity contribution in [3.05, 3.63) is 29.3 Å². The van der Waals surface area contributed by atoms with Crippen LogP contribution in [-0.2, 0) is 16.1 Å². The summed E-state index contributed by atoms with van der Waals surface area (Å²) >= 11 is 1.86. The monoisotopic (exact) mass is 475 g/mol. The van der Waals surface area contributed by atoms with Gasteiger partial charge in [0.05, 0.1) is 0 Å². The molecule has 0 saturated heterocycles. The lowest BCUT2D eigenvalue weighted by molar-refractivity contribution is -0.125. The lowest BCUT2D eigenvalue weighted by Crippen LogP contribution is -2.34. The van der Waals surface area contributed by atoms with Crippen LogP contribution in [0.2, 0.25) is 0 Å². The molecule has 1 N–H and O–H groups in total. The van der Waals surface area contributed by atoms with Crippen LogP contribution in [0.1, 0.15) is 88.1 Å². The molecule has 33 heavy (non-hydrogen) atoms. The highest BCUT2D eigenvalue weighted by Gasteiger charge is 2.32. The lowest BCUT2D eigenvalue weighted by Gasteiger charge is -2.24. The molecule has 0 saturated carbocycles. The zero-order chi connectivity index (χ0) is 24.1. The van der Waals surface area contributed by atoms with Crippen molar-refractivity contribution in [1.29, 1.82) is 0 Å². The number of imide groups is 1. The molecule has 1 aliphatic heterocycles. The number of rotatable bonds is 17. The predicted molar refractivity (Wildman–Crippen MR) is 135 cm³/mol. The Bertz CT molecular complexity index is 767. The lowest BCUT2D eigenvalue weighted by atomic mass is 10.1. The number of carbonyl (C=O) groups excluding carboxylic acids is 3. The molecule has 1 unspecified atom stereocenters. The summed E-state index contributed by atoms with van der Waals surface area (Å²) in [5.74, 6) is 0.813. The third-order valence-electron chi connectivity index (χ3n) is 6.51. The van der Waals surface area contributed by atoms with E-state index in [-0.39, 0.29) is 24.3 Å². The molecule has 0 bridgehead atoms. The number of hydrogen-bond donors (Lipinski definition) is 1. The molecule has 0 spiro atoms. The number of thioether (sulfide) groups is 1. The Labute approximate surface area is 203 Å². The first kappa shape index (κ1) is 27.4. The number of amides is 3. The molecule has 6 nitrogen and oxygen atoms in total. The SMILES string of the molecule is CCN(CC)CCCCCCCCSc1cccc2c1CN(C(C)CCC(=O)NC=O)C2=O. The van der Waals surface area contributed by atoms with E-state index in [0.717, 1.165) is 30.0 Å². The van der Waals surface area contributed by atoms with Crippen molar-refractivity contribution in [3.8, 4) is 0 Å². The van der Waals surface area contributed by atoms with Crippen molar-refractivity contribution in [1.82, 2.24) is 15.1 Å².